The van der Waals surface area contributed by atoms with Gasteiger partial charge in [0.2, 0.25) is 0 Å². The topological polar surface area (TPSA) is 41.1 Å². The van der Waals surface area contributed by atoms with E-state index in [1.165, 1.54) is 11.1 Å². The Hall–Kier alpha value is -2.52. The van der Waals surface area contributed by atoms with Gasteiger partial charge in [0, 0.05) is 17.5 Å². The molecular formula is C22H21ClN2O. The minimum absolute atomic E-state index is 0.0791. The molecule has 3 atom stereocenters. The Kier molecular flexibility index (Phi) is 4.56. The number of halogens is 1. The zero-order valence-corrected chi connectivity index (χ0v) is 15.2. The number of carbonyl (C=O) groups is 1. The molecule has 0 saturated carbocycles. The van der Waals surface area contributed by atoms with Gasteiger partial charge >= 0.3 is 0 Å². The van der Waals surface area contributed by atoms with Crippen LogP contribution in [0.25, 0.3) is 0 Å². The summed E-state index contributed by atoms with van der Waals surface area (Å²) in [4.78, 5) is 12.6. The van der Waals surface area contributed by atoms with Gasteiger partial charge in [0.25, 0.3) is 5.91 Å². The van der Waals surface area contributed by atoms with Crippen LogP contribution in [0.4, 0.5) is 5.69 Å². The molecule has 4 heteroatoms. The number of hydrogen-bond acceptors (Lipinski definition) is 2. The number of para-hydroxylation sites is 1. The van der Waals surface area contributed by atoms with Crippen molar-refractivity contribution in [1.82, 2.24) is 5.32 Å². The fourth-order valence-corrected chi connectivity index (χ4v) is 4.20. The molecule has 4 rings (SSSR count). The molecule has 26 heavy (non-hydrogen) atoms. The van der Waals surface area contributed by atoms with E-state index in [0.717, 1.165) is 17.1 Å². The molecule has 1 aliphatic carbocycles. The monoisotopic (exact) mass is 364 g/mol. The zero-order valence-electron chi connectivity index (χ0n) is 14.4. The first-order valence-electron chi connectivity index (χ1n) is 8.89. The van der Waals surface area contributed by atoms with Crippen molar-refractivity contribution in [2.45, 2.75) is 18.4 Å². The molecule has 3 nitrogen and oxygen atoms in total. The molecule has 0 radical (unpaired) electrons. The first-order chi connectivity index (χ1) is 12.7. The van der Waals surface area contributed by atoms with E-state index in [9.17, 15) is 4.79 Å². The number of anilines is 1. The molecule has 1 aliphatic heterocycles. The van der Waals surface area contributed by atoms with E-state index in [1.54, 1.807) is 6.08 Å². The standard InChI is InChI=1S/C22H21ClN2O/c1-2-13-24-22(26)19-8-4-7-18-16-5-3-6-17(16)20(25-21(18)19)14-9-11-15(23)12-10-14/h2-5,7-12,16-17,20,25H,1,6,13H2,(H,24,26). The summed E-state index contributed by atoms with van der Waals surface area (Å²) < 4.78 is 0. The minimum atomic E-state index is -0.0791. The van der Waals surface area contributed by atoms with E-state index in [1.807, 2.05) is 24.3 Å². The highest BCUT2D eigenvalue weighted by Crippen LogP contribution is 2.50. The highest BCUT2D eigenvalue weighted by atomic mass is 35.5. The Labute approximate surface area is 158 Å². The molecule has 0 bridgehead atoms. The predicted molar refractivity (Wildman–Crippen MR) is 107 cm³/mol. The third kappa shape index (κ3) is 2.93. The van der Waals surface area contributed by atoms with Crippen LogP contribution in [0.2, 0.25) is 5.02 Å². The van der Waals surface area contributed by atoms with Crippen LogP contribution in [0.15, 0.2) is 67.3 Å². The Morgan fingerprint density at radius 3 is 2.85 bits per heavy atom. The summed E-state index contributed by atoms with van der Waals surface area (Å²) >= 11 is 6.06. The van der Waals surface area contributed by atoms with E-state index < -0.39 is 0 Å². The van der Waals surface area contributed by atoms with Crippen LogP contribution in [0.3, 0.4) is 0 Å². The second-order valence-corrected chi connectivity index (χ2v) is 7.23. The molecule has 132 valence electrons. The molecule has 1 heterocycles. The van der Waals surface area contributed by atoms with Gasteiger partial charge in [-0.15, -0.1) is 6.58 Å². The van der Waals surface area contributed by atoms with Crippen molar-refractivity contribution in [3.05, 3.63) is 89.0 Å². The Morgan fingerprint density at radius 1 is 1.27 bits per heavy atom. The van der Waals surface area contributed by atoms with Gasteiger partial charge in [-0.1, -0.05) is 54.1 Å². The average molecular weight is 365 g/mol. The SMILES string of the molecule is C=CCNC(=O)c1cccc2c1NC(c1ccc(Cl)cc1)C1CC=CC21. The number of allylic oxidation sites excluding steroid dienone is 2. The average Bonchev–Trinajstić information content (AvgIpc) is 3.16. The van der Waals surface area contributed by atoms with E-state index in [-0.39, 0.29) is 11.9 Å². The van der Waals surface area contributed by atoms with Crippen LogP contribution in [0.1, 0.15) is 39.9 Å². The van der Waals surface area contributed by atoms with Gasteiger partial charge in [-0.05, 0) is 41.7 Å². The summed E-state index contributed by atoms with van der Waals surface area (Å²) in [5, 5.41) is 7.28. The van der Waals surface area contributed by atoms with Crippen molar-refractivity contribution in [3.8, 4) is 0 Å². The lowest BCUT2D eigenvalue weighted by atomic mass is 9.76. The molecule has 0 spiro atoms. The summed E-state index contributed by atoms with van der Waals surface area (Å²) in [6, 6.07) is 14.1. The molecule has 0 aromatic heterocycles. The summed E-state index contributed by atoms with van der Waals surface area (Å²) in [6.07, 6.45) is 7.24. The largest absolute Gasteiger partial charge is 0.377 e. The van der Waals surface area contributed by atoms with Crippen LogP contribution in [-0.4, -0.2) is 12.5 Å². The van der Waals surface area contributed by atoms with Gasteiger partial charge in [-0.25, -0.2) is 0 Å². The first kappa shape index (κ1) is 16.9. The number of rotatable bonds is 4. The maximum absolute atomic E-state index is 12.6. The molecule has 2 aliphatic rings. The number of hydrogen-bond donors (Lipinski definition) is 2. The van der Waals surface area contributed by atoms with Gasteiger partial charge in [0.1, 0.15) is 0 Å². The van der Waals surface area contributed by atoms with Gasteiger partial charge in [-0.3, -0.25) is 4.79 Å². The molecule has 2 aromatic carbocycles. The number of carbonyl (C=O) groups excluding carboxylic acids is 1. The molecule has 2 N–H and O–H groups in total. The fraction of sp³-hybridized carbons (Fsp3) is 0.227. The summed E-state index contributed by atoms with van der Waals surface area (Å²) in [7, 11) is 0. The third-order valence-electron chi connectivity index (χ3n) is 5.28. The Bertz CT molecular complexity index is 872. The van der Waals surface area contributed by atoms with Crippen molar-refractivity contribution in [2.24, 2.45) is 5.92 Å². The lowest BCUT2D eigenvalue weighted by Crippen LogP contribution is -2.32. The number of benzene rings is 2. The molecule has 1 amide bonds. The fourth-order valence-electron chi connectivity index (χ4n) is 4.07. The van der Waals surface area contributed by atoms with Gasteiger partial charge in [-0.2, -0.15) is 0 Å². The lowest BCUT2D eigenvalue weighted by molar-refractivity contribution is 0.0958. The minimum Gasteiger partial charge on any atom is -0.377 e. The third-order valence-corrected chi connectivity index (χ3v) is 5.53. The van der Waals surface area contributed by atoms with Crippen molar-refractivity contribution in [3.63, 3.8) is 0 Å². The van der Waals surface area contributed by atoms with Crippen LogP contribution in [0.5, 0.6) is 0 Å². The van der Waals surface area contributed by atoms with Crippen LogP contribution in [-0.2, 0) is 0 Å². The van der Waals surface area contributed by atoms with Crippen molar-refractivity contribution >= 4 is 23.2 Å². The summed E-state index contributed by atoms with van der Waals surface area (Å²) in [6.45, 7) is 4.12. The number of fused-ring (bicyclic) bond motifs is 3. The van der Waals surface area contributed by atoms with Crippen LogP contribution >= 0.6 is 11.6 Å². The second-order valence-electron chi connectivity index (χ2n) is 6.80. The number of nitrogens with one attached hydrogen (secondary N) is 2. The smallest absolute Gasteiger partial charge is 0.253 e. The predicted octanol–water partition coefficient (Wildman–Crippen LogP) is 5.08. The zero-order chi connectivity index (χ0) is 18.1. The molecular weight excluding hydrogens is 344 g/mol. The van der Waals surface area contributed by atoms with E-state index in [2.05, 4.69) is 47.6 Å². The summed E-state index contributed by atoms with van der Waals surface area (Å²) in [5.74, 6) is 0.679. The van der Waals surface area contributed by atoms with Crippen LogP contribution < -0.4 is 10.6 Å². The van der Waals surface area contributed by atoms with Gasteiger partial charge < -0.3 is 10.6 Å². The highest BCUT2D eigenvalue weighted by Gasteiger charge is 2.39. The maximum Gasteiger partial charge on any atom is 0.253 e. The van der Waals surface area contributed by atoms with Gasteiger partial charge in [0.15, 0.2) is 0 Å². The highest BCUT2D eigenvalue weighted by molar-refractivity contribution is 6.30. The molecule has 0 saturated heterocycles. The Morgan fingerprint density at radius 2 is 2.08 bits per heavy atom. The van der Waals surface area contributed by atoms with Crippen molar-refractivity contribution in [2.75, 3.05) is 11.9 Å². The molecule has 3 unspecified atom stereocenters. The quantitative estimate of drug-likeness (QED) is 0.742. The van der Waals surface area contributed by atoms with E-state index in [0.29, 0.717) is 23.9 Å². The molecule has 0 fully saturated rings. The summed E-state index contributed by atoms with van der Waals surface area (Å²) in [5.41, 5.74) is 4.00. The maximum atomic E-state index is 12.6. The van der Waals surface area contributed by atoms with Gasteiger partial charge in [0.05, 0.1) is 17.3 Å². The molecule has 2 aromatic rings. The second kappa shape index (κ2) is 7.00. The van der Waals surface area contributed by atoms with Crippen LogP contribution in [0, 0.1) is 5.92 Å². The normalized spacial score (nSPS) is 22.9. The van der Waals surface area contributed by atoms with E-state index >= 15 is 0 Å². The Balaban J connectivity index is 1.76. The van der Waals surface area contributed by atoms with Crippen molar-refractivity contribution in [1.29, 1.82) is 0 Å². The lowest BCUT2D eigenvalue weighted by Gasteiger charge is -2.38. The van der Waals surface area contributed by atoms with Crippen molar-refractivity contribution < 1.29 is 4.79 Å². The number of amides is 1. The first-order valence-corrected chi connectivity index (χ1v) is 9.27. The van der Waals surface area contributed by atoms with E-state index in [4.69, 9.17) is 11.6 Å².